The van der Waals surface area contributed by atoms with Crippen molar-refractivity contribution in [3.05, 3.63) is 24.1 Å². The molecule has 0 radical (unpaired) electrons. The van der Waals surface area contributed by atoms with Crippen LogP contribution in [0.15, 0.2) is 22.6 Å². The Morgan fingerprint density at radius 1 is 1.57 bits per heavy atom. The predicted molar refractivity (Wildman–Crippen MR) is 50.6 cm³/mol. The number of ether oxygens (including phenoxy) is 1. The first-order valence-corrected chi connectivity index (χ1v) is 4.32. The molecule has 0 aliphatic heterocycles. The van der Waals surface area contributed by atoms with Crippen LogP contribution in [0.25, 0.3) is 11.1 Å². The van der Waals surface area contributed by atoms with Crippen LogP contribution in [0.3, 0.4) is 0 Å². The highest BCUT2D eigenvalue weighted by molar-refractivity contribution is 5.83. The van der Waals surface area contributed by atoms with Crippen LogP contribution in [0, 0.1) is 0 Å². The molecule has 0 fully saturated rings. The molecule has 0 N–H and O–H groups in total. The molecule has 4 heteroatoms. The van der Waals surface area contributed by atoms with Gasteiger partial charge in [0.25, 0.3) is 5.89 Å². The van der Waals surface area contributed by atoms with Crippen LogP contribution in [0.2, 0.25) is 0 Å². The first-order chi connectivity index (χ1) is 6.85. The summed E-state index contributed by atoms with van der Waals surface area (Å²) in [5.41, 5.74) is 1.16. The van der Waals surface area contributed by atoms with Crippen LogP contribution in [-0.2, 0) is 0 Å². The summed E-state index contributed by atoms with van der Waals surface area (Å²) in [6.45, 7) is 2.44. The van der Waals surface area contributed by atoms with Crippen LogP contribution >= 0.6 is 0 Å². The van der Waals surface area contributed by atoms with Crippen LogP contribution in [0.4, 0.5) is 0 Å². The maximum atomic E-state index is 10.4. The summed E-state index contributed by atoms with van der Waals surface area (Å²) in [7, 11) is 0. The Labute approximate surface area is 80.5 Å². The van der Waals surface area contributed by atoms with E-state index in [1.807, 2.05) is 13.0 Å². The fraction of sp³-hybridized carbons (Fsp3) is 0.200. The molecular weight excluding hydrogens is 182 g/mol. The number of fused-ring (bicyclic) bond motifs is 1. The van der Waals surface area contributed by atoms with Crippen molar-refractivity contribution < 1.29 is 13.9 Å². The maximum Gasteiger partial charge on any atom is 0.261 e. The molecule has 0 saturated carbocycles. The topological polar surface area (TPSA) is 52.3 Å². The summed E-state index contributed by atoms with van der Waals surface area (Å²) in [5.74, 6) is 0.692. The van der Waals surface area contributed by atoms with Crippen molar-refractivity contribution in [2.24, 2.45) is 0 Å². The molecule has 0 aliphatic rings. The summed E-state index contributed by atoms with van der Waals surface area (Å²) in [5, 5.41) is 0. The van der Waals surface area contributed by atoms with E-state index in [0.717, 1.165) is 0 Å². The van der Waals surface area contributed by atoms with Gasteiger partial charge in [-0.2, -0.15) is 0 Å². The van der Waals surface area contributed by atoms with Crippen molar-refractivity contribution in [1.82, 2.24) is 4.98 Å². The van der Waals surface area contributed by atoms with Crippen molar-refractivity contribution in [3.8, 4) is 5.75 Å². The van der Waals surface area contributed by atoms with Crippen molar-refractivity contribution in [2.45, 2.75) is 6.92 Å². The van der Waals surface area contributed by atoms with E-state index in [1.165, 1.54) is 0 Å². The second-order valence-corrected chi connectivity index (χ2v) is 2.71. The minimum Gasteiger partial charge on any atom is -0.490 e. The largest absolute Gasteiger partial charge is 0.490 e. The SMILES string of the molecule is CCOc1cccc2nc(C=O)oc12. The summed E-state index contributed by atoms with van der Waals surface area (Å²) < 4.78 is 10.5. The quantitative estimate of drug-likeness (QED) is 0.696. The van der Waals surface area contributed by atoms with Crippen molar-refractivity contribution in [1.29, 1.82) is 0 Å². The Kier molecular flexibility index (Phi) is 2.18. The number of aldehydes is 1. The molecule has 2 aromatic rings. The summed E-state index contributed by atoms with van der Waals surface area (Å²) in [4.78, 5) is 14.4. The lowest BCUT2D eigenvalue weighted by Crippen LogP contribution is -1.90. The van der Waals surface area contributed by atoms with Gasteiger partial charge in [-0.25, -0.2) is 4.98 Å². The smallest absolute Gasteiger partial charge is 0.261 e. The average molecular weight is 191 g/mol. The van der Waals surface area contributed by atoms with Gasteiger partial charge in [0, 0.05) is 0 Å². The van der Waals surface area contributed by atoms with Crippen LogP contribution in [0.1, 0.15) is 17.6 Å². The third-order valence-corrected chi connectivity index (χ3v) is 1.80. The standard InChI is InChI=1S/C10H9NO3/c1-2-13-8-5-3-4-7-10(8)14-9(6-12)11-7/h3-6H,2H2,1H3. The van der Waals surface area contributed by atoms with Crippen molar-refractivity contribution in [3.63, 3.8) is 0 Å². The first kappa shape index (κ1) is 8.74. The fourth-order valence-electron chi connectivity index (χ4n) is 1.26. The van der Waals surface area contributed by atoms with Gasteiger partial charge in [-0.1, -0.05) is 6.07 Å². The number of nitrogens with zero attached hydrogens (tertiary/aromatic N) is 1. The minimum absolute atomic E-state index is 0.0761. The van der Waals surface area contributed by atoms with Gasteiger partial charge in [0.1, 0.15) is 5.52 Å². The Hall–Kier alpha value is -1.84. The Bertz CT molecular complexity index is 461. The zero-order valence-corrected chi connectivity index (χ0v) is 7.69. The van der Waals surface area contributed by atoms with Crippen LogP contribution in [0.5, 0.6) is 5.75 Å². The second kappa shape index (κ2) is 3.49. The zero-order valence-electron chi connectivity index (χ0n) is 7.69. The number of aromatic nitrogens is 1. The minimum atomic E-state index is 0.0761. The molecule has 0 amide bonds. The lowest BCUT2D eigenvalue weighted by molar-refractivity contribution is 0.109. The molecule has 4 nitrogen and oxygen atoms in total. The third-order valence-electron chi connectivity index (χ3n) is 1.80. The Morgan fingerprint density at radius 3 is 3.14 bits per heavy atom. The van der Waals surface area contributed by atoms with E-state index in [4.69, 9.17) is 9.15 Å². The summed E-state index contributed by atoms with van der Waals surface area (Å²) in [6.07, 6.45) is 0.579. The van der Waals surface area contributed by atoms with Gasteiger partial charge in [0.2, 0.25) is 6.29 Å². The van der Waals surface area contributed by atoms with E-state index >= 15 is 0 Å². The van der Waals surface area contributed by atoms with E-state index in [2.05, 4.69) is 4.98 Å². The van der Waals surface area contributed by atoms with Gasteiger partial charge in [-0.05, 0) is 19.1 Å². The van der Waals surface area contributed by atoms with E-state index in [9.17, 15) is 4.79 Å². The molecule has 0 bridgehead atoms. The lowest BCUT2D eigenvalue weighted by atomic mass is 10.3. The molecule has 0 unspecified atom stereocenters. The average Bonchev–Trinajstić information content (AvgIpc) is 2.62. The van der Waals surface area contributed by atoms with Gasteiger partial charge >= 0.3 is 0 Å². The van der Waals surface area contributed by atoms with Crippen LogP contribution in [-0.4, -0.2) is 17.9 Å². The van der Waals surface area contributed by atoms with E-state index in [0.29, 0.717) is 29.7 Å². The Morgan fingerprint density at radius 2 is 2.43 bits per heavy atom. The predicted octanol–water partition coefficient (Wildman–Crippen LogP) is 2.04. The number of carbonyl (C=O) groups excluding carboxylic acids is 1. The highest BCUT2D eigenvalue weighted by Crippen LogP contribution is 2.25. The number of hydrogen-bond acceptors (Lipinski definition) is 4. The molecule has 72 valence electrons. The van der Waals surface area contributed by atoms with Gasteiger partial charge < -0.3 is 9.15 Å². The number of hydrogen-bond donors (Lipinski definition) is 0. The van der Waals surface area contributed by atoms with E-state index in [1.54, 1.807) is 12.1 Å². The number of para-hydroxylation sites is 1. The summed E-state index contributed by atoms with van der Waals surface area (Å²) in [6, 6.07) is 5.37. The van der Waals surface area contributed by atoms with Crippen molar-refractivity contribution >= 4 is 17.4 Å². The zero-order chi connectivity index (χ0) is 9.97. The molecule has 0 atom stereocenters. The number of benzene rings is 1. The molecule has 0 aliphatic carbocycles. The maximum absolute atomic E-state index is 10.4. The molecule has 1 aromatic carbocycles. The number of rotatable bonds is 3. The first-order valence-electron chi connectivity index (χ1n) is 4.32. The normalized spacial score (nSPS) is 10.4. The fourth-order valence-corrected chi connectivity index (χ4v) is 1.26. The molecule has 1 heterocycles. The van der Waals surface area contributed by atoms with E-state index in [-0.39, 0.29) is 5.89 Å². The highest BCUT2D eigenvalue weighted by Gasteiger charge is 2.09. The second-order valence-electron chi connectivity index (χ2n) is 2.71. The molecule has 14 heavy (non-hydrogen) atoms. The van der Waals surface area contributed by atoms with Gasteiger partial charge in [-0.3, -0.25) is 4.79 Å². The number of oxazole rings is 1. The Balaban J connectivity index is 2.60. The molecular formula is C10H9NO3. The van der Waals surface area contributed by atoms with Crippen LogP contribution < -0.4 is 4.74 Å². The molecule has 1 aromatic heterocycles. The van der Waals surface area contributed by atoms with Gasteiger partial charge in [0.15, 0.2) is 11.3 Å². The van der Waals surface area contributed by atoms with Gasteiger partial charge in [-0.15, -0.1) is 0 Å². The monoisotopic (exact) mass is 191 g/mol. The molecule has 0 spiro atoms. The third kappa shape index (κ3) is 1.35. The molecule has 2 rings (SSSR count). The molecule has 0 saturated heterocycles. The number of carbonyl (C=O) groups is 1. The van der Waals surface area contributed by atoms with Crippen molar-refractivity contribution in [2.75, 3.05) is 6.61 Å². The van der Waals surface area contributed by atoms with E-state index < -0.39 is 0 Å². The lowest BCUT2D eigenvalue weighted by Gasteiger charge is -2.00. The summed E-state index contributed by atoms with van der Waals surface area (Å²) >= 11 is 0. The highest BCUT2D eigenvalue weighted by atomic mass is 16.5. The van der Waals surface area contributed by atoms with Gasteiger partial charge in [0.05, 0.1) is 6.61 Å².